The molecule has 0 amide bonds. The van der Waals surface area contributed by atoms with Gasteiger partial charge in [-0.1, -0.05) is 17.7 Å². The lowest BCUT2D eigenvalue weighted by Gasteiger charge is -2.23. The lowest BCUT2D eigenvalue weighted by atomic mass is 10.0. The zero-order valence-corrected chi connectivity index (χ0v) is 11.2. The van der Waals surface area contributed by atoms with E-state index in [4.69, 9.17) is 16.3 Å². The Labute approximate surface area is 107 Å². The zero-order chi connectivity index (χ0) is 12.8. The van der Waals surface area contributed by atoms with Gasteiger partial charge in [0, 0.05) is 17.7 Å². The molecule has 2 unspecified atom stereocenters. The summed E-state index contributed by atoms with van der Waals surface area (Å²) in [7, 11) is 1.86. The first-order chi connectivity index (χ1) is 8.08. The van der Waals surface area contributed by atoms with Crippen LogP contribution >= 0.6 is 11.6 Å². The second-order valence-electron chi connectivity index (χ2n) is 4.00. The van der Waals surface area contributed by atoms with Crippen LogP contribution in [0.3, 0.4) is 0 Å². The molecular weight excluding hydrogens is 241 g/mol. The van der Waals surface area contributed by atoms with Crippen molar-refractivity contribution in [2.75, 3.05) is 13.7 Å². The summed E-state index contributed by atoms with van der Waals surface area (Å²) in [5, 5.41) is 3.57. The van der Waals surface area contributed by atoms with E-state index >= 15 is 0 Å². The molecule has 2 nitrogen and oxygen atoms in total. The third-order valence-electron chi connectivity index (χ3n) is 2.82. The lowest BCUT2D eigenvalue weighted by molar-refractivity contribution is 0.0495. The maximum Gasteiger partial charge on any atom is 0.127 e. The monoisotopic (exact) mass is 259 g/mol. The molecule has 1 aromatic rings. The molecule has 96 valence electrons. The summed E-state index contributed by atoms with van der Waals surface area (Å²) in [5.74, 6) is -0.263. The Morgan fingerprint density at radius 1 is 1.47 bits per heavy atom. The van der Waals surface area contributed by atoms with Crippen LogP contribution in [-0.2, 0) is 11.2 Å². The predicted octanol–water partition coefficient (Wildman–Crippen LogP) is 3.03. The molecule has 2 atom stereocenters. The smallest absolute Gasteiger partial charge is 0.127 e. The standard InChI is InChI=1S/C13H19ClFNO/c1-4-17-9(2)13(16-3)7-10-5-6-11(14)8-12(10)15/h5-6,8-9,13,16H,4,7H2,1-3H3. The fourth-order valence-corrected chi connectivity index (χ4v) is 1.96. The summed E-state index contributed by atoms with van der Waals surface area (Å²) in [6.07, 6.45) is 0.626. The molecule has 1 aromatic carbocycles. The minimum atomic E-state index is -0.263. The zero-order valence-electron chi connectivity index (χ0n) is 10.5. The van der Waals surface area contributed by atoms with E-state index in [0.29, 0.717) is 23.6 Å². The minimum Gasteiger partial charge on any atom is -0.377 e. The maximum absolute atomic E-state index is 13.6. The second kappa shape index (κ2) is 6.94. The number of hydrogen-bond donors (Lipinski definition) is 1. The Morgan fingerprint density at radius 2 is 2.18 bits per heavy atom. The van der Waals surface area contributed by atoms with Crippen molar-refractivity contribution in [3.63, 3.8) is 0 Å². The fourth-order valence-electron chi connectivity index (χ4n) is 1.81. The van der Waals surface area contributed by atoms with Crippen molar-refractivity contribution in [2.24, 2.45) is 0 Å². The lowest BCUT2D eigenvalue weighted by Crippen LogP contribution is -2.39. The first-order valence-electron chi connectivity index (χ1n) is 5.81. The molecule has 0 saturated carbocycles. The highest BCUT2D eigenvalue weighted by Gasteiger charge is 2.17. The Balaban J connectivity index is 2.73. The van der Waals surface area contributed by atoms with Gasteiger partial charge in [0.25, 0.3) is 0 Å². The molecule has 0 aromatic heterocycles. The Bertz CT molecular complexity index is 359. The van der Waals surface area contributed by atoms with Gasteiger partial charge in [-0.2, -0.15) is 0 Å². The molecule has 0 heterocycles. The van der Waals surface area contributed by atoms with E-state index in [1.54, 1.807) is 12.1 Å². The van der Waals surface area contributed by atoms with Gasteiger partial charge in [0.2, 0.25) is 0 Å². The number of ether oxygens (including phenoxy) is 1. The van der Waals surface area contributed by atoms with E-state index in [-0.39, 0.29) is 18.0 Å². The van der Waals surface area contributed by atoms with Crippen LogP contribution < -0.4 is 5.32 Å². The topological polar surface area (TPSA) is 21.3 Å². The molecule has 0 aliphatic rings. The van der Waals surface area contributed by atoms with Gasteiger partial charge >= 0.3 is 0 Å². The number of rotatable bonds is 6. The summed E-state index contributed by atoms with van der Waals surface area (Å²) in [6, 6.07) is 4.86. The van der Waals surface area contributed by atoms with Crippen LogP contribution in [0.2, 0.25) is 5.02 Å². The van der Waals surface area contributed by atoms with E-state index < -0.39 is 0 Å². The van der Waals surface area contributed by atoms with Crippen molar-refractivity contribution in [3.8, 4) is 0 Å². The Hall–Kier alpha value is -0.640. The third kappa shape index (κ3) is 4.26. The van der Waals surface area contributed by atoms with Crippen molar-refractivity contribution in [3.05, 3.63) is 34.6 Å². The van der Waals surface area contributed by atoms with E-state index in [9.17, 15) is 4.39 Å². The summed E-state index contributed by atoms with van der Waals surface area (Å²) in [5.41, 5.74) is 0.653. The predicted molar refractivity (Wildman–Crippen MR) is 69.0 cm³/mol. The Morgan fingerprint density at radius 3 is 2.71 bits per heavy atom. The SMILES string of the molecule is CCOC(C)C(Cc1ccc(Cl)cc1F)NC. The van der Waals surface area contributed by atoms with Gasteiger partial charge in [0.15, 0.2) is 0 Å². The highest BCUT2D eigenvalue weighted by Crippen LogP contribution is 2.17. The van der Waals surface area contributed by atoms with Crippen LogP contribution in [0.15, 0.2) is 18.2 Å². The van der Waals surface area contributed by atoms with E-state index in [1.807, 2.05) is 20.9 Å². The molecule has 0 fully saturated rings. The van der Waals surface area contributed by atoms with Gasteiger partial charge < -0.3 is 10.1 Å². The van der Waals surface area contributed by atoms with Gasteiger partial charge in [-0.3, -0.25) is 0 Å². The van der Waals surface area contributed by atoms with Crippen molar-refractivity contribution in [2.45, 2.75) is 32.4 Å². The number of halogens is 2. The second-order valence-corrected chi connectivity index (χ2v) is 4.43. The van der Waals surface area contributed by atoms with Crippen molar-refractivity contribution in [1.82, 2.24) is 5.32 Å². The third-order valence-corrected chi connectivity index (χ3v) is 3.06. The van der Waals surface area contributed by atoms with Crippen LogP contribution in [0.25, 0.3) is 0 Å². The molecule has 1 rings (SSSR count). The quantitative estimate of drug-likeness (QED) is 0.848. The molecule has 0 saturated heterocycles. The number of nitrogens with one attached hydrogen (secondary N) is 1. The van der Waals surface area contributed by atoms with Crippen molar-refractivity contribution in [1.29, 1.82) is 0 Å². The minimum absolute atomic E-state index is 0.0417. The molecule has 0 aliphatic carbocycles. The molecule has 0 bridgehead atoms. The van der Waals surface area contributed by atoms with E-state index in [1.165, 1.54) is 6.07 Å². The van der Waals surface area contributed by atoms with Gasteiger partial charge in [-0.15, -0.1) is 0 Å². The first-order valence-corrected chi connectivity index (χ1v) is 6.19. The molecule has 0 radical (unpaired) electrons. The molecule has 17 heavy (non-hydrogen) atoms. The normalized spacial score (nSPS) is 14.6. The van der Waals surface area contributed by atoms with Gasteiger partial charge in [-0.25, -0.2) is 4.39 Å². The van der Waals surface area contributed by atoms with E-state index in [0.717, 1.165) is 0 Å². The van der Waals surface area contributed by atoms with Crippen molar-refractivity contribution < 1.29 is 9.13 Å². The van der Waals surface area contributed by atoms with Crippen LogP contribution in [0, 0.1) is 5.82 Å². The summed E-state index contributed by atoms with van der Waals surface area (Å²) in [4.78, 5) is 0. The van der Waals surface area contributed by atoms with Gasteiger partial charge in [0.1, 0.15) is 5.82 Å². The number of hydrogen-bond acceptors (Lipinski definition) is 2. The highest BCUT2D eigenvalue weighted by molar-refractivity contribution is 6.30. The van der Waals surface area contributed by atoms with Crippen LogP contribution in [-0.4, -0.2) is 25.8 Å². The summed E-state index contributed by atoms with van der Waals surface area (Å²) >= 11 is 5.72. The van der Waals surface area contributed by atoms with Crippen LogP contribution in [0.5, 0.6) is 0 Å². The number of likely N-dealkylation sites (N-methyl/N-ethyl adjacent to an activating group) is 1. The van der Waals surface area contributed by atoms with Crippen molar-refractivity contribution >= 4 is 11.6 Å². The summed E-state index contributed by atoms with van der Waals surface area (Å²) in [6.45, 7) is 4.59. The molecule has 0 aliphatic heterocycles. The average molecular weight is 260 g/mol. The van der Waals surface area contributed by atoms with Gasteiger partial charge in [-0.05, 0) is 45.0 Å². The van der Waals surface area contributed by atoms with Crippen LogP contribution in [0.1, 0.15) is 19.4 Å². The van der Waals surface area contributed by atoms with Crippen LogP contribution in [0.4, 0.5) is 4.39 Å². The molecule has 4 heteroatoms. The average Bonchev–Trinajstić information content (AvgIpc) is 2.28. The maximum atomic E-state index is 13.6. The highest BCUT2D eigenvalue weighted by atomic mass is 35.5. The molecule has 1 N–H and O–H groups in total. The largest absolute Gasteiger partial charge is 0.377 e. The molecular formula is C13H19ClFNO. The van der Waals surface area contributed by atoms with E-state index in [2.05, 4.69) is 5.32 Å². The summed E-state index contributed by atoms with van der Waals surface area (Å²) < 4.78 is 19.2. The fraction of sp³-hybridized carbons (Fsp3) is 0.538. The Kier molecular flexibility index (Phi) is 5.89. The first kappa shape index (κ1) is 14.4. The number of benzene rings is 1. The van der Waals surface area contributed by atoms with Gasteiger partial charge in [0.05, 0.1) is 6.10 Å². The molecule has 0 spiro atoms.